The number of nitrogens with two attached hydrogens (primary N) is 1. The van der Waals surface area contributed by atoms with E-state index in [1.54, 1.807) is 0 Å². The SMILES string of the molecule is CC1OCCNC1c1nc(N)no1. The largest absolute Gasteiger partial charge is 0.375 e. The van der Waals surface area contributed by atoms with Crippen LogP contribution >= 0.6 is 0 Å². The minimum absolute atomic E-state index is 0.0357. The lowest BCUT2D eigenvalue weighted by Crippen LogP contribution is -2.40. The first-order valence-corrected chi connectivity index (χ1v) is 4.21. The van der Waals surface area contributed by atoms with Crippen molar-refractivity contribution < 1.29 is 9.26 Å². The Morgan fingerprint density at radius 2 is 2.46 bits per heavy atom. The second-order valence-electron chi connectivity index (χ2n) is 3.00. The molecule has 0 radical (unpaired) electrons. The molecule has 0 bridgehead atoms. The number of ether oxygens (including phenoxy) is 1. The molecule has 2 heterocycles. The molecule has 2 atom stereocenters. The zero-order chi connectivity index (χ0) is 9.26. The van der Waals surface area contributed by atoms with Crippen molar-refractivity contribution in [3.63, 3.8) is 0 Å². The number of nitrogens with one attached hydrogen (secondary N) is 1. The second kappa shape index (κ2) is 3.31. The molecule has 6 heteroatoms. The number of nitrogens with zero attached hydrogens (tertiary/aromatic N) is 2. The highest BCUT2D eigenvalue weighted by Crippen LogP contribution is 2.20. The summed E-state index contributed by atoms with van der Waals surface area (Å²) >= 11 is 0. The average molecular weight is 184 g/mol. The van der Waals surface area contributed by atoms with Gasteiger partial charge in [-0.3, -0.25) is 0 Å². The first-order chi connectivity index (χ1) is 6.27. The molecular formula is C7H12N4O2. The highest BCUT2D eigenvalue weighted by atomic mass is 16.5. The highest BCUT2D eigenvalue weighted by Gasteiger charge is 2.27. The summed E-state index contributed by atoms with van der Waals surface area (Å²) in [6.07, 6.45) is 0.0357. The van der Waals surface area contributed by atoms with Gasteiger partial charge in [0.25, 0.3) is 5.95 Å². The lowest BCUT2D eigenvalue weighted by atomic mass is 10.1. The van der Waals surface area contributed by atoms with Crippen LogP contribution in [0.1, 0.15) is 18.9 Å². The molecule has 0 aromatic carbocycles. The molecule has 0 amide bonds. The van der Waals surface area contributed by atoms with Crippen LogP contribution in [0, 0.1) is 0 Å². The van der Waals surface area contributed by atoms with Crippen LogP contribution in [-0.4, -0.2) is 29.4 Å². The van der Waals surface area contributed by atoms with Crippen LogP contribution in [-0.2, 0) is 4.74 Å². The Morgan fingerprint density at radius 1 is 1.62 bits per heavy atom. The summed E-state index contributed by atoms with van der Waals surface area (Å²) in [6, 6.07) is -0.0430. The molecule has 0 aliphatic carbocycles. The van der Waals surface area contributed by atoms with Crippen molar-refractivity contribution in [2.45, 2.75) is 19.1 Å². The van der Waals surface area contributed by atoms with Crippen molar-refractivity contribution in [2.24, 2.45) is 0 Å². The summed E-state index contributed by atoms with van der Waals surface area (Å²) in [6.45, 7) is 3.45. The second-order valence-corrected chi connectivity index (χ2v) is 3.00. The molecular weight excluding hydrogens is 172 g/mol. The van der Waals surface area contributed by atoms with Gasteiger partial charge < -0.3 is 20.3 Å². The molecule has 13 heavy (non-hydrogen) atoms. The molecule has 1 aliphatic heterocycles. The lowest BCUT2D eigenvalue weighted by molar-refractivity contribution is -0.00136. The van der Waals surface area contributed by atoms with E-state index in [0.717, 1.165) is 6.54 Å². The fraction of sp³-hybridized carbons (Fsp3) is 0.714. The van der Waals surface area contributed by atoms with Crippen molar-refractivity contribution in [1.82, 2.24) is 15.5 Å². The van der Waals surface area contributed by atoms with Crippen molar-refractivity contribution >= 4 is 5.95 Å². The van der Waals surface area contributed by atoms with Gasteiger partial charge in [0.15, 0.2) is 0 Å². The standard InChI is InChI=1S/C7H12N4O2/c1-4-5(9-2-3-12-4)6-10-7(8)11-13-6/h4-5,9H,2-3H2,1H3,(H2,8,11). The van der Waals surface area contributed by atoms with Crippen LogP contribution < -0.4 is 11.1 Å². The quantitative estimate of drug-likeness (QED) is 0.623. The summed E-state index contributed by atoms with van der Waals surface area (Å²) in [5.74, 6) is 0.652. The predicted octanol–water partition coefficient (Wildman–Crippen LogP) is -0.299. The molecule has 1 fully saturated rings. The third-order valence-electron chi connectivity index (χ3n) is 2.04. The van der Waals surface area contributed by atoms with Gasteiger partial charge in [-0.15, -0.1) is 0 Å². The smallest absolute Gasteiger partial charge is 0.260 e. The third kappa shape index (κ3) is 1.63. The number of anilines is 1. The van der Waals surface area contributed by atoms with E-state index < -0.39 is 0 Å². The molecule has 2 rings (SSSR count). The van der Waals surface area contributed by atoms with Gasteiger partial charge in [0, 0.05) is 6.54 Å². The van der Waals surface area contributed by atoms with Crippen LogP contribution in [0.2, 0.25) is 0 Å². The van der Waals surface area contributed by atoms with Crippen LogP contribution in [0.4, 0.5) is 5.95 Å². The molecule has 2 unspecified atom stereocenters. The van der Waals surface area contributed by atoms with Crippen LogP contribution in [0.25, 0.3) is 0 Å². The Bertz CT molecular complexity index is 288. The van der Waals surface area contributed by atoms with E-state index >= 15 is 0 Å². The van der Waals surface area contributed by atoms with Gasteiger partial charge in [-0.25, -0.2) is 0 Å². The molecule has 1 aromatic heterocycles. The van der Waals surface area contributed by atoms with E-state index in [1.807, 2.05) is 6.92 Å². The van der Waals surface area contributed by atoms with E-state index in [2.05, 4.69) is 15.5 Å². The zero-order valence-corrected chi connectivity index (χ0v) is 7.36. The van der Waals surface area contributed by atoms with Crippen molar-refractivity contribution in [3.05, 3.63) is 5.89 Å². The maximum absolute atomic E-state index is 5.42. The summed E-state index contributed by atoms with van der Waals surface area (Å²) < 4.78 is 10.4. The number of morpholine rings is 1. The Morgan fingerprint density at radius 3 is 3.08 bits per heavy atom. The average Bonchev–Trinajstić information content (AvgIpc) is 2.53. The van der Waals surface area contributed by atoms with E-state index in [9.17, 15) is 0 Å². The molecule has 0 saturated carbocycles. The molecule has 0 spiro atoms. The molecule has 72 valence electrons. The van der Waals surface area contributed by atoms with Gasteiger partial charge in [-0.1, -0.05) is 0 Å². The van der Waals surface area contributed by atoms with Gasteiger partial charge in [-0.2, -0.15) is 4.98 Å². The van der Waals surface area contributed by atoms with Gasteiger partial charge >= 0.3 is 0 Å². The molecule has 1 aliphatic rings. The van der Waals surface area contributed by atoms with E-state index in [1.165, 1.54) is 0 Å². The minimum atomic E-state index is -0.0430. The number of rotatable bonds is 1. The zero-order valence-electron chi connectivity index (χ0n) is 7.36. The fourth-order valence-electron chi connectivity index (χ4n) is 1.38. The fourth-order valence-corrected chi connectivity index (χ4v) is 1.38. The van der Waals surface area contributed by atoms with Gasteiger partial charge in [-0.05, 0) is 12.1 Å². The van der Waals surface area contributed by atoms with Gasteiger partial charge in [0.1, 0.15) is 6.04 Å². The first-order valence-electron chi connectivity index (χ1n) is 4.21. The topological polar surface area (TPSA) is 86.2 Å². The van der Waals surface area contributed by atoms with Crippen LogP contribution in [0.5, 0.6) is 0 Å². The normalized spacial score (nSPS) is 29.0. The maximum atomic E-state index is 5.42. The predicted molar refractivity (Wildman–Crippen MR) is 44.9 cm³/mol. The lowest BCUT2D eigenvalue weighted by Gasteiger charge is -2.27. The monoisotopic (exact) mass is 184 g/mol. The number of hydrogen-bond donors (Lipinski definition) is 2. The van der Waals surface area contributed by atoms with Gasteiger partial charge in [0.05, 0.1) is 12.7 Å². The number of nitrogen functional groups attached to an aromatic ring is 1. The number of hydrogen-bond acceptors (Lipinski definition) is 6. The summed E-state index contributed by atoms with van der Waals surface area (Å²) in [5.41, 5.74) is 5.35. The molecule has 1 saturated heterocycles. The summed E-state index contributed by atoms with van der Waals surface area (Å²) in [5, 5.41) is 6.74. The molecule has 6 nitrogen and oxygen atoms in total. The van der Waals surface area contributed by atoms with E-state index in [4.69, 9.17) is 15.0 Å². The highest BCUT2D eigenvalue weighted by molar-refractivity contribution is 5.12. The first kappa shape index (κ1) is 8.46. The Hall–Kier alpha value is -1.14. The van der Waals surface area contributed by atoms with Gasteiger partial charge in [0.2, 0.25) is 5.89 Å². The van der Waals surface area contributed by atoms with E-state index in [0.29, 0.717) is 12.5 Å². The summed E-state index contributed by atoms with van der Waals surface area (Å²) in [4.78, 5) is 3.94. The minimum Gasteiger partial charge on any atom is -0.375 e. The Labute approximate surface area is 75.4 Å². The van der Waals surface area contributed by atoms with Crippen molar-refractivity contribution in [2.75, 3.05) is 18.9 Å². The van der Waals surface area contributed by atoms with E-state index in [-0.39, 0.29) is 18.1 Å². The maximum Gasteiger partial charge on any atom is 0.260 e. The van der Waals surface area contributed by atoms with Crippen molar-refractivity contribution in [1.29, 1.82) is 0 Å². The molecule has 1 aromatic rings. The Kier molecular flexibility index (Phi) is 2.15. The number of aromatic nitrogens is 2. The Balaban J connectivity index is 2.14. The van der Waals surface area contributed by atoms with Crippen LogP contribution in [0.15, 0.2) is 4.52 Å². The summed E-state index contributed by atoms with van der Waals surface area (Å²) in [7, 11) is 0. The van der Waals surface area contributed by atoms with Crippen LogP contribution in [0.3, 0.4) is 0 Å². The van der Waals surface area contributed by atoms with Crippen molar-refractivity contribution in [3.8, 4) is 0 Å². The third-order valence-corrected chi connectivity index (χ3v) is 2.04. The molecule has 3 N–H and O–H groups in total.